The molecule has 0 aliphatic carbocycles. The van der Waals surface area contributed by atoms with E-state index in [2.05, 4.69) is 25.6 Å². The van der Waals surface area contributed by atoms with E-state index in [1.807, 2.05) is 29.6 Å². The van der Waals surface area contributed by atoms with Gasteiger partial charge in [-0.15, -0.1) is 21.5 Å². The molecule has 0 aliphatic heterocycles. The third-order valence-electron chi connectivity index (χ3n) is 2.17. The normalized spacial score (nSPS) is 10.5. The summed E-state index contributed by atoms with van der Waals surface area (Å²) in [7, 11) is 0. The molecule has 0 amide bonds. The van der Waals surface area contributed by atoms with Crippen molar-refractivity contribution in [2.45, 2.75) is 0 Å². The van der Waals surface area contributed by atoms with Crippen molar-refractivity contribution in [2.75, 3.05) is 0 Å². The first-order chi connectivity index (χ1) is 7.93. The van der Waals surface area contributed by atoms with Gasteiger partial charge in [-0.25, -0.2) is 4.98 Å². The van der Waals surface area contributed by atoms with Crippen molar-refractivity contribution in [1.82, 2.24) is 25.6 Å². The van der Waals surface area contributed by atoms with Crippen LogP contribution >= 0.6 is 11.3 Å². The Morgan fingerprint density at radius 1 is 1.06 bits per heavy atom. The number of H-pyrrole nitrogens is 1. The fourth-order valence-corrected chi connectivity index (χ4v) is 2.06. The third kappa shape index (κ3) is 1.59. The Kier molecular flexibility index (Phi) is 2.19. The second kappa shape index (κ2) is 3.82. The van der Waals surface area contributed by atoms with Crippen molar-refractivity contribution in [3.63, 3.8) is 0 Å². The minimum Gasteiger partial charge on any atom is -0.245 e. The molecule has 2 heterocycles. The Hall–Kier alpha value is -2.08. The van der Waals surface area contributed by atoms with Gasteiger partial charge < -0.3 is 0 Å². The highest BCUT2D eigenvalue weighted by Gasteiger charge is 2.04. The van der Waals surface area contributed by atoms with E-state index in [9.17, 15) is 0 Å². The SMILES string of the molecule is c1csc(-c2ccc(-c3nn[nH]n3)cc2)n1. The molecule has 1 N–H and O–H groups in total. The molecule has 0 saturated heterocycles. The van der Waals surface area contributed by atoms with Crippen LogP contribution in [0.3, 0.4) is 0 Å². The average Bonchev–Trinajstić information content (AvgIpc) is 3.03. The number of hydrogen-bond donors (Lipinski definition) is 1. The predicted molar refractivity (Wildman–Crippen MR) is 60.7 cm³/mol. The van der Waals surface area contributed by atoms with Crippen LogP contribution in [0.1, 0.15) is 0 Å². The van der Waals surface area contributed by atoms with E-state index in [4.69, 9.17) is 0 Å². The predicted octanol–water partition coefficient (Wildman–Crippen LogP) is 1.99. The second-order valence-corrected chi connectivity index (χ2v) is 4.04. The number of nitrogens with one attached hydrogen (secondary N) is 1. The maximum Gasteiger partial charge on any atom is 0.204 e. The highest BCUT2D eigenvalue weighted by molar-refractivity contribution is 7.13. The molecular formula is C10H7N5S. The lowest BCUT2D eigenvalue weighted by molar-refractivity contribution is 0.881. The van der Waals surface area contributed by atoms with Crippen molar-refractivity contribution < 1.29 is 0 Å². The van der Waals surface area contributed by atoms with Crippen LogP contribution in [0, 0.1) is 0 Å². The number of hydrogen-bond acceptors (Lipinski definition) is 5. The fraction of sp³-hybridized carbons (Fsp3) is 0. The van der Waals surface area contributed by atoms with Crippen LogP contribution in [0.25, 0.3) is 22.0 Å². The van der Waals surface area contributed by atoms with Crippen molar-refractivity contribution >= 4 is 11.3 Å². The summed E-state index contributed by atoms with van der Waals surface area (Å²) in [6.45, 7) is 0. The maximum absolute atomic E-state index is 4.25. The van der Waals surface area contributed by atoms with Crippen molar-refractivity contribution in [1.29, 1.82) is 0 Å². The molecule has 3 rings (SSSR count). The first kappa shape index (κ1) is 9.17. The summed E-state index contributed by atoms with van der Waals surface area (Å²) in [5, 5.41) is 16.8. The molecule has 0 spiro atoms. The van der Waals surface area contributed by atoms with Gasteiger partial charge in [-0.1, -0.05) is 24.3 Å². The molecule has 0 aliphatic rings. The number of aromatic nitrogens is 5. The molecule has 0 bridgehead atoms. The number of nitrogens with zero attached hydrogens (tertiary/aromatic N) is 4. The van der Waals surface area contributed by atoms with Crippen LogP contribution in [0.15, 0.2) is 35.8 Å². The molecule has 1 aromatic carbocycles. The van der Waals surface area contributed by atoms with Crippen LogP contribution in [0.5, 0.6) is 0 Å². The summed E-state index contributed by atoms with van der Waals surface area (Å²) in [5.41, 5.74) is 2.04. The molecule has 0 atom stereocenters. The molecule has 0 radical (unpaired) electrons. The van der Waals surface area contributed by atoms with Gasteiger partial charge in [0.2, 0.25) is 5.82 Å². The van der Waals surface area contributed by atoms with Gasteiger partial charge in [-0.05, 0) is 5.21 Å². The smallest absolute Gasteiger partial charge is 0.204 e. The Balaban J connectivity index is 1.97. The number of aromatic amines is 1. The van der Waals surface area contributed by atoms with Crippen LogP contribution < -0.4 is 0 Å². The zero-order chi connectivity index (χ0) is 10.8. The van der Waals surface area contributed by atoms with E-state index in [-0.39, 0.29) is 0 Å². The van der Waals surface area contributed by atoms with E-state index < -0.39 is 0 Å². The maximum atomic E-state index is 4.25. The summed E-state index contributed by atoms with van der Waals surface area (Å²) < 4.78 is 0. The largest absolute Gasteiger partial charge is 0.245 e. The third-order valence-corrected chi connectivity index (χ3v) is 2.99. The van der Waals surface area contributed by atoms with Gasteiger partial charge in [0.25, 0.3) is 0 Å². The minimum atomic E-state index is 0.602. The monoisotopic (exact) mass is 229 g/mol. The van der Waals surface area contributed by atoms with Gasteiger partial charge in [0, 0.05) is 22.7 Å². The highest BCUT2D eigenvalue weighted by Crippen LogP contribution is 2.23. The first-order valence-corrected chi connectivity index (χ1v) is 5.55. The van der Waals surface area contributed by atoms with Crippen LogP contribution in [-0.4, -0.2) is 25.6 Å². The van der Waals surface area contributed by atoms with Gasteiger partial charge in [0.1, 0.15) is 5.01 Å². The summed E-state index contributed by atoms with van der Waals surface area (Å²) in [6, 6.07) is 7.93. The highest BCUT2D eigenvalue weighted by atomic mass is 32.1. The van der Waals surface area contributed by atoms with E-state index in [1.165, 1.54) is 0 Å². The van der Waals surface area contributed by atoms with Crippen LogP contribution in [-0.2, 0) is 0 Å². The van der Waals surface area contributed by atoms with Crippen LogP contribution in [0.2, 0.25) is 0 Å². The lowest BCUT2D eigenvalue weighted by Crippen LogP contribution is -1.81. The molecule has 2 aromatic heterocycles. The Morgan fingerprint density at radius 2 is 1.88 bits per heavy atom. The molecule has 6 heteroatoms. The summed E-state index contributed by atoms with van der Waals surface area (Å²) in [5.74, 6) is 0.602. The molecule has 16 heavy (non-hydrogen) atoms. The molecule has 0 unspecified atom stereocenters. The van der Waals surface area contributed by atoms with Crippen molar-refractivity contribution in [2.24, 2.45) is 0 Å². The lowest BCUT2D eigenvalue weighted by atomic mass is 10.1. The molecule has 3 aromatic rings. The topological polar surface area (TPSA) is 67.3 Å². The molecule has 5 nitrogen and oxygen atoms in total. The van der Waals surface area contributed by atoms with Gasteiger partial charge >= 0.3 is 0 Å². The Morgan fingerprint density at radius 3 is 2.50 bits per heavy atom. The van der Waals surface area contributed by atoms with Gasteiger partial charge in [-0.2, -0.15) is 5.21 Å². The zero-order valence-corrected chi connectivity index (χ0v) is 8.98. The standard InChI is InChI=1S/C10H7N5S/c1-3-8(10-11-5-6-16-10)4-2-7(1)9-12-14-15-13-9/h1-6H,(H,12,13,14,15). The van der Waals surface area contributed by atoms with E-state index >= 15 is 0 Å². The second-order valence-electron chi connectivity index (χ2n) is 3.15. The van der Waals surface area contributed by atoms with Crippen LogP contribution in [0.4, 0.5) is 0 Å². The molecule has 0 saturated carbocycles. The number of rotatable bonds is 2. The summed E-state index contributed by atoms with van der Waals surface area (Å²) >= 11 is 1.62. The zero-order valence-electron chi connectivity index (χ0n) is 8.16. The Labute approximate surface area is 95.2 Å². The lowest BCUT2D eigenvalue weighted by Gasteiger charge is -1.97. The number of benzene rings is 1. The summed E-state index contributed by atoms with van der Waals surface area (Å²) in [4.78, 5) is 4.25. The van der Waals surface area contributed by atoms with Crippen molar-refractivity contribution in [3.8, 4) is 22.0 Å². The van der Waals surface area contributed by atoms with E-state index in [1.54, 1.807) is 17.5 Å². The molecular weight excluding hydrogens is 222 g/mol. The van der Waals surface area contributed by atoms with Crippen molar-refractivity contribution in [3.05, 3.63) is 35.8 Å². The van der Waals surface area contributed by atoms with Gasteiger partial charge in [-0.3, -0.25) is 0 Å². The van der Waals surface area contributed by atoms with Gasteiger partial charge in [0.05, 0.1) is 0 Å². The van der Waals surface area contributed by atoms with Gasteiger partial charge in [0.15, 0.2) is 0 Å². The summed E-state index contributed by atoms with van der Waals surface area (Å²) in [6.07, 6.45) is 1.80. The molecule has 0 fully saturated rings. The molecule has 78 valence electrons. The van der Waals surface area contributed by atoms with E-state index in [0.29, 0.717) is 5.82 Å². The first-order valence-electron chi connectivity index (χ1n) is 4.67. The van der Waals surface area contributed by atoms with E-state index in [0.717, 1.165) is 16.1 Å². The fourth-order valence-electron chi connectivity index (χ4n) is 1.41. The quantitative estimate of drug-likeness (QED) is 0.729. The minimum absolute atomic E-state index is 0.602. The number of tetrazole rings is 1. The average molecular weight is 229 g/mol. The Bertz CT molecular complexity index is 503. The number of thiazole rings is 1.